The molecule has 3 atom stereocenters. The fourth-order valence-corrected chi connectivity index (χ4v) is 2.43. The lowest BCUT2D eigenvalue weighted by atomic mass is 9.98. The molecule has 1 aromatic heterocycles. The lowest BCUT2D eigenvalue weighted by molar-refractivity contribution is 0.317. The predicted molar refractivity (Wildman–Crippen MR) is 57.2 cm³/mol. The Morgan fingerprint density at radius 1 is 1.40 bits per heavy atom. The second kappa shape index (κ2) is 4.26. The Morgan fingerprint density at radius 2 is 2.20 bits per heavy atom. The minimum atomic E-state index is 0.485. The predicted octanol–water partition coefficient (Wildman–Crippen LogP) is 1.000. The maximum Gasteiger partial charge on any atom is 0.165 e. The molecular weight excluding hydrogens is 190 g/mol. The van der Waals surface area contributed by atoms with E-state index >= 15 is 0 Å². The van der Waals surface area contributed by atoms with Gasteiger partial charge in [0, 0.05) is 0 Å². The SMILES string of the molecule is CNCc1nnnn1C1CCC(C)C1C. The van der Waals surface area contributed by atoms with Crippen molar-refractivity contribution in [1.82, 2.24) is 25.5 Å². The van der Waals surface area contributed by atoms with Crippen LogP contribution in [0.3, 0.4) is 0 Å². The molecule has 0 bridgehead atoms. The molecule has 1 aliphatic carbocycles. The summed E-state index contributed by atoms with van der Waals surface area (Å²) in [5.41, 5.74) is 0. The van der Waals surface area contributed by atoms with Crippen molar-refractivity contribution in [3.63, 3.8) is 0 Å². The molecule has 1 heterocycles. The van der Waals surface area contributed by atoms with E-state index < -0.39 is 0 Å². The lowest BCUT2D eigenvalue weighted by Gasteiger charge is -2.19. The highest BCUT2D eigenvalue weighted by molar-refractivity contribution is 4.90. The Bertz CT molecular complexity index is 321. The molecule has 0 amide bonds. The summed E-state index contributed by atoms with van der Waals surface area (Å²) in [6, 6.07) is 0.485. The van der Waals surface area contributed by atoms with Crippen LogP contribution < -0.4 is 5.32 Å². The van der Waals surface area contributed by atoms with Crippen LogP contribution in [0, 0.1) is 11.8 Å². The molecule has 0 aromatic carbocycles. The minimum Gasteiger partial charge on any atom is -0.313 e. The van der Waals surface area contributed by atoms with Crippen LogP contribution in [0.5, 0.6) is 0 Å². The standard InChI is InChI=1S/C10H19N5/c1-7-4-5-9(8(7)2)15-10(6-11-3)12-13-14-15/h7-9,11H,4-6H2,1-3H3. The van der Waals surface area contributed by atoms with E-state index in [1.807, 2.05) is 11.7 Å². The summed E-state index contributed by atoms with van der Waals surface area (Å²) >= 11 is 0. The van der Waals surface area contributed by atoms with Crippen molar-refractivity contribution in [1.29, 1.82) is 0 Å². The maximum absolute atomic E-state index is 4.12. The number of tetrazole rings is 1. The van der Waals surface area contributed by atoms with Crippen LogP contribution in [0.2, 0.25) is 0 Å². The van der Waals surface area contributed by atoms with E-state index in [0.717, 1.165) is 18.3 Å². The van der Waals surface area contributed by atoms with Gasteiger partial charge in [-0.1, -0.05) is 13.8 Å². The van der Waals surface area contributed by atoms with Crippen molar-refractivity contribution in [2.24, 2.45) is 11.8 Å². The van der Waals surface area contributed by atoms with E-state index in [2.05, 4.69) is 34.7 Å². The summed E-state index contributed by atoms with van der Waals surface area (Å²) in [5.74, 6) is 2.40. The number of hydrogen-bond donors (Lipinski definition) is 1. The highest BCUT2D eigenvalue weighted by Gasteiger charge is 2.33. The van der Waals surface area contributed by atoms with E-state index in [0.29, 0.717) is 12.0 Å². The number of hydrogen-bond acceptors (Lipinski definition) is 4. The second-order valence-corrected chi connectivity index (χ2v) is 4.55. The van der Waals surface area contributed by atoms with Crippen LogP contribution >= 0.6 is 0 Å². The first-order chi connectivity index (χ1) is 7.24. The zero-order chi connectivity index (χ0) is 10.8. The highest BCUT2D eigenvalue weighted by atomic mass is 15.6. The monoisotopic (exact) mass is 209 g/mol. The van der Waals surface area contributed by atoms with E-state index in [-0.39, 0.29) is 0 Å². The van der Waals surface area contributed by atoms with Gasteiger partial charge in [0.1, 0.15) is 0 Å². The van der Waals surface area contributed by atoms with E-state index in [9.17, 15) is 0 Å². The van der Waals surface area contributed by atoms with Crippen LogP contribution in [0.4, 0.5) is 0 Å². The van der Waals surface area contributed by atoms with Crippen molar-refractivity contribution in [3.05, 3.63) is 5.82 Å². The van der Waals surface area contributed by atoms with Crippen molar-refractivity contribution in [2.75, 3.05) is 7.05 Å². The molecule has 1 fully saturated rings. The van der Waals surface area contributed by atoms with Crippen molar-refractivity contribution < 1.29 is 0 Å². The van der Waals surface area contributed by atoms with Crippen LogP contribution in [0.15, 0.2) is 0 Å². The molecule has 1 N–H and O–H groups in total. The maximum atomic E-state index is 4.12. The third-order valence-electron chi connectivity index (χ3n) is 3.63. The summed E-state index contributed by atoms with van der Waals surface area (Å²) in [4.78, 5) is 0. The third-order valence-corrected chi connectivity index (χ3v) is 3.63. The topological polar surface area (TPSA) is 55.6 Å². The number of nitrogens with zero attached hydrogens (tertiary/aromatic N) is 4. The normalized spacial score (nSPS) is 31.0. The molecule has 84 valence electrons. The fraction of sp³-hybridized carbons (Fsp3) is 0.900. The first-order valence-corrected chi connectivity index (χ1v) is 5.65. The molecule has 0 radical (unpaired) electrons. The summed E-state index contributed by atoms with van der Waals surface area (Å²) in [6.45, 7) is 5.35. The average Bonchev–Trinajstić information content (AvgIpc) is 2.77. The van der Waals surface area contributed by atoms with Crippen LogP contribution in [0.1, 0.15) is 38.6 Å². The van der Waals surface area contributed by atoms with Gasteiger partial charge in [-0.05, 0) is 42.2 Å². The Balaban J connectivity index is 2.18. The van der Waals surface area contributed by atoms with E-state index in [1.54, 1.807) is 0 Å². The summed E-state index contributed by atoms with van der Waals surface area (Å²) in [5, 5.41) is 15.0. The summed E-state index contributed by atoms with van der Waals surface area (Å²) in [7, 11) is 1.92. The van der Waals surface area contributed by atoms with Gasteiger partial charge in [-0.25, -0.2) is 4.68 Å². The minimum absolute atomic E-state index is 0.485. The first-order valence-electron chi connectivity index (χ1n) is 5.65. The van der Waals surface area contributed by atoms with Crippen LogP contribution in [0.25, 0.3) is 0 Å². The van der Waals surface area contributed by atoms with Gasteiger partial charge in [0.05, 0.1) is 12.6 Å². The molecule has 5 nitrogen and oxygen atoms in total. The smallest absolute Gasteiger partial charge is 0.165 e. The molecule has 3 unspecified atom stereocenters. The van der Waals surface area contributed by atoms with Crippen LogP contribution in [-0.4, -0.2) is 27.3 Å². The zero-order valence-corrected chi connectivity index (χ0v) is 9.64. The van der Waals surface area contributed by atoms with Gasteiger partial charge in [-0.15, -0.1) is 5.10 Å². The van der Waals surface area contributed by atoms with Crippen LogP contribution in [-0.2, 0) is 6.54 Å². The number of aromatic nitrogens is 4. The van der Waals surface area contributed by atoms with Gasteiger partial charge in [0.2, 0.25) is 0 Å². The van der Waals surface area contributed by atoms with Gasteiger partial charge >= 0.3 is 0 Å². The Labute approximate surface area is 90.2 Å². The molecule has 0 aliphatic heterocycles. The van der Waals surface area contributed by atoms with Gasteiger partial charge in [-0.3, -0.25) is 0 Å². The third kappa shape index (κ3) is 1.88. The molecule has 0 spiro atoms. The quantitative estimate of drug-likeness (QED) is 0.807. The summed E-state index contributed by atoms with van der Waals surface area (Å²) < 4.78 is 2.00. The second-order valence-electron chi connectivity index (χ2n) is 4.55. The molecule has 5 heteroatoms. The average molecular weight is 209 g/mol. The molecule has 0 saturated heterocycles. The zero-order valence-electron chi connectivity index (χ0n) is 9.64. The number of rotatable bonds is 3. The van der Waals surface area contributed by atoms with Gasteiger partial charge in [0.15, 0.2) is 5.82 Å². The van der Waals surface area contributed by atoms with Gasteiger partial charge in [-0.2, -0.15) is 0 Å². The molecular formula is C10H19N5. The fourth-order valence-electron chi connectivity index (χ4n) is 2.43. The van der Waals surface area contributed by atoms with Gasteiger partial charge in [0.25, 0.3) is 0 Å². The van der Waals surface area contributed by atoms with Gasteiger partial charge < -0.3 is 5.32 Å². The molecule has 2 rings (SSSR count). The largest absolute Gasteiger partial charge is 0.313 e. The van der Waals surface area contributed by atoms with E-state index in [4.69, 9.17) is 0 Å². The Morgan fingerprint density at radius 3 is 2.80 bits per heavy atom. The van der Waals surface area contributed by atoms with Crippen molar-refractivity contribution in [3.8, 4) is 0 Å². The molecule has 15 heavy (non-hydrogen) atoms. The molecule has 1 aliphatic rings. The molecule has 1 saturated carbocycles. The van der Waals surface area contributed by atoms with Crippen molar-refractivity contribution >= 4 is 0 Å². The number of nitrogens with one attached hydrogen (secondary N) is 1. The Hall–Kier alpha value is -0.970. The highest BCUT2D eigenvalue weighted by Crippen LogP contribution is 2.39. The van der Waals surface area contributed by atoms with E-state index in [1.165, 1.54) is 12.8 Å². The Kier molecular flexibility index (Phi) is 3.00. The first kappa shape index (κ1) is 10.5. The molecule has 1 aromatic rings. The lowest BCUT2D eigenvalue weighted by Crippen LogP contribution is -2.21. The van der Waals surface area contributed by atoms with Crippen molar-refractivity contribution in [2.45, 2.75) is 39.3 Å². The summed E-state index contributed by atoms with van der Waals surface area (Å²) in [6.07, 6.45) is 2.48.